The van der Waals surface area contributed by atoms with Crippen LogP contribution in [0.3, 0.4) is 0 Å². The lowest BCUT2D eigenvalue weighted by atomic mass is 10.1. The summed E-state index contributed by atoms with van der Waals surface area (Å²) in [4.78, 5) is 15.3. The molecule has 3 aromatic rings. The zero-order chi connectivity index (χ0) is 20.3. The van der Waals surface area contributed by atoms with Gasteiger partial charge in [-0.05, 0) is 68.0 Å². The second-order valence-electron chi connectivity index (χ2n) is 7.46. The van der Waals surface area contributed by atoms with Gasteiger partial charge < -0.3 is 20.1 Å². The summed E-state index contributed by atoms with van der Waals surface area (Å²) in [5.74, 6) is 0.788. The van der Waals surface area contributed by atoms with E-state index < -0.39 is 6.10 Å². The van der Waals surface area contributed by atoms with Crippen LogP contribution in [-0.4, -0.2) is 29.3 Å². The molecule has 0 aliphatic heterocycles. The van der Waals surface area contributed by atoms with E-state index in [1.807, 2.05) is 52.0 Å². The molecule has 2 aromatic carbocycles. The number of fused-ring (bicyclic) bond motifs is 1. The molecule has 1 unspecified atom stereocenters. The molecule has 0 amide bonds. The van der Waals surface area contributed by atoms with Crippen LogP contribution in [0.1, 0.15) is 27.8 Å². The van der Waals surface area contributed by atoms with E-state index in [0.29, 0.717) is 18.7 Å². The van der Waals surface area contributed by atoms with Crippen molar-refractivity contribution < 1.29 is 9.84 Å². The van der Waals surface area contributed by atoms with Crippen LogP contribution in [0.25, 0.3) is 10.9 Å². The largest absolute Gasteiger partial charge is 0.491 e. The van der Waals surface area contributed by atoms with Crippen molar-refractivity contribution in [3.8, 4) is 5.75 Å². The predicted molar refractivity (Wildman–Crippen MR) is 113 cm³/mol. The maximum absolute atomic E-state index is 12.3. The van der Waals surface area contributed by atoms with Crippen molar-refractivity contribution in [3.63, 3.8) is 0 Å². The van der Waals surface area contributed by atoms with E-state index >= 15 is 0 Å². The van der Waals surface area contributed by atoms with E-state index in [2.05, 4.69) is 22.4 Å². The molecule has 3 rings (SSSR count). The van der Waals surface area contributed by atoms with Crippen molar-refractivity contribution in [2.45, 2.75) is 40.3 Å². The maximum atomic E-state index is 12.3. The van der Waals surface area contributed by atoms with Crippen molar-refractivity contribution >= 4 is 10.9 Å². The molecule has 1 heterocycles. The van der Waals surface area contributed by atoms with Crippen LogP contribution in [0.5, 0.6) is 5.75 Å². The summed E-state index contributed by atoms with van der Waals surface area (Å²) < 4.78 is 5.73. The van der Waals surface area contributed by atoms with E-state index in [-0.39, 0.29) is 12.2 Å². The Morgan fingerprint density at radius 3 is 2.68 bits per heavy atom. The molecule has 148 valence electrons. The molecule has 0 bridgehead atoms. The van der Waals surface area contributed by atoms with E-state index in [0.717, 1.165) is 38.9 Å². The molecule has 5 nitrogen and oxygen atoms in total. The Balaban J connectivity index is 1.58. The Bertz CT molecular complexity index is 1040. The monoisotopic (exact) mass is 380 g/mol. The van der Waals surface area contributed by atoms with Gasteiger partial charge in [0.2, 0.25) is 0 Å². The van der Waals surface area contributed by atoms with Gasteiger partial charge >= 0.3 is 0 Å². The second kappa shape index (κ2) is 8.59. The molecule has 0 radical (unpaired) electrons. The van der Waals surface area contributed by atoms with E-state index in [1.54, 1.807) is 0 Å². The number of benzene rings is 2. The first-order chi connectivity index (χ1) is 13.3. The quantitative estimate of drug-likeness (QED) is 0.588. The van der Waals surface area contributed by atoms with Crippen molar-refractivity contribution in [2.24, 2.45) is 0 Å². The summed E-state index contributed by atoms with van der Waals surface area (Å²) in [6, 6.07) is 11.9. The molecular weight excluding hydrogens is 352 g/mol. The third-order valence-electron chi connectivity index (χ3n) is 5.05. The van der Waals surface area contributed by atoms with Crippen molar-refractivity contribution in [3.05, 3.63) is 74.6 Å². The van der Waals surface area contributed by atoms with Crippen molar-refractivity contribution in [2.75, 3.05) is 13.2 Å². The molecule has 0 saturated carbocycles. The van der Waals surface area contributed by atoms with Crippen LogP contribution in [0.4, 0.5) is 0 Å². The number of aromatic amines is 1. The Morgan fingerprint density at radius 2 is 1.89 bits per heavy atom. The number of nitrogens with one attached hydrogen (secondary N) is 2. The Morgan fingerprint density at radius 1 is 1.11 bits per heavy atom. The number of hydrogen-bond donors (Lipinski definition) is 3. The fraction of sp³-hybridized carbons (Fsp3) is 0.348. The summed E-state index contributed by atoms with van der Waals surface area (Å²) in [5.41, 5.74) is 5.89. The number of H-pyrrole nitrogens is 1. The van der Waals surface area contributed by atoms with Crippen LogP contribution in [0, 0.1) is 27.7 Å². The van der Waals surface area contributed by atoms with Crippen molar-refractivity contribution in [1.82, 2.24) is 10.3 Å². The van der Waals surface area contributed by atoms with Gasteiger partial charge in [0.05, 0.1) is 5.52 Å². The number of aliphatic hydroxyl groups is 1. The number of ether oxygens (including phenoxy) is 1. The maximum Gasteiger partial charge on any atom is 0.252 e. The van der Waals surface area contributed by atoms with Crippen LogP contribution in [0.2, 0.25) is 0 Å². The summed E-state index contributed by atoms with van der Waals surface area (Å²) in [5, 5.41) is 14.4. The summed E-state index contributed by atoms with van der Waals surface area (Å²) in [7, 11) is 0. The highest BCUT2D eigenvalue weighted by Gasteiger charge is 2.09. The second-order valence-corrected chi connectivity index (χ2v) is 7.46. The topological polar surface area (TPSA) is 74.4 Å². The summed E-state index contributed by atoms with van der Waals surface area (Å²) in [6.45, 7) is 9.00. The minimum Gasteiger partial charge on any atom is -0.491 e. The number of pyridine rings is 1. The van der Waals surface area contributed by atoms with Crippen LogP contribution >= 0.6 is 0 Å². The minimum atomic E-state index is -0.663. The zero-order valence-corrected chi connectivity index (χ0v) is 16.9. The number of rotatable bonds is 7. The van der Waals surface area contributed by atoms with E-state index in [1.165, 1.54) is 0 Å². The molecule has 1 aromatic heterocycles. The number of aromatic nitrogens is 1. The molecule has 28 heavy (non-hydrogen) atoms. The SMILES string of the molecule is Cc1cc(C)c2[nH]c(=O)c(CNCC(O)COc3cccc(C)c3C)cc2c1. The first-order valence-electron chi connectivity index (χ1n) is 9.56. The van der Waals surface area contributed by atoms with Gasteiger partial charge in [0.1, 0.15) is 18.5 Å². The lowest BCUT2D eigenvalue weighted by Gasteiger charge is -2.15. The molecule has 3 N–H and O–H groups in total. The van der Waals surface area contributed by atoms with Gasteiger partial charge in [0.25, 0.3) is 5.56 Å². The number of aliphatic hydroxyl groups excluding tert-OH is 1. The normalized spacial score (nSPS) is 12.3. The zero-order valence-electron chi connectivity index (χ0n) is 16.9. The fourth-order valence-electron chi connectivity index (χ4n) is 3.36. The van der Waals surface area contributed by atoms with Gasteiger partial charge in [0, 0.05) is 18.7 Å². The molecule has 0 fully saturated rings. The average molecular weight is 380 g/mol. The first kappa shape index (κ1) is 20.1. The number of hydrogen-bond acceptors (Lipinski definition) is 4. The van der Waals surface area contributed by atoms with Gasteiger partial charge in [-0.1, -0.05) is 23.8 Å². The third kappa shape index (κ3) is 4.61. The molecular formula is C23H28N2O3. The Kier molecular flexibility index (Phi) is 6.17. The van der Waals surface area contributed by atoms with Gasteiger partial charge in [-0.25, -0.2) is 0 Å². The van der Waals surface area contributed by atoms with Gasteiger partial charge in [0.15, 0.2) is 0 Å². The Hall–Kier alpha value is -2.63. The standard InChI is InChI=1S/C23H28N2O3/c1-14-8-16(3)22-18(9-14)10-19(23(27)25-22)11-24-12-20(26)13-28-21-7-5-6-15(2)17(21)4/h5-10,20,24,26H,11-13H2,1-4H3,(H,25,27). The lowest BCUT2D eigenvalue weighted by molar-refractivity contribution is 0.106. The Labute approximate surface area is 165 Å². The molecule has 1 atom stereocenters. The van der Waals surface area contributed by atoms with Gasteiger partial charge in [-0.15, -0.1) is 0 Å². The van der Waals surface area contributed by atoms with E-state index in [4.69, 9.17) is 4.74 Å². The molecule has 0 aliphatic carbocycles. The first-order valence-corrected chi connectivity index (χ1v) is 9.56. The van der Waals surface area contributed by atoms with Crippen molar-refractivity contribution in [1.29, 1.82) is 0 Å². The smallest absolute Gasteiger partial charge is 0.252 e. The highest BCUT2D eigenvalue weighted by Crippen LogP contribution is 2.20. The minimum absolute atomic E-state index is 0.104. The van der Waals surface area contributed by atoms with E-state index in [9.17, 15) is 9.90 Å². The van der Waals surface area contributed by atoms with Gasteiger partial charge in [-0.2, -0.15) is 0 Å². The molecule has 0 aliphatic rings. The molecule has 5 heteroatoms. The summed E-state index contributed by atoms with van der Waals surface area (Å²) in [6.07, 6.45) is -0.663. The lowest BCUT2D eigenvalue weighted by Crippen LogP contribution is -2.32. The number of aryl methyl sites for hydroxylation is 3. The predicted octanol–water partition coefficient (Wildman–Crippen LogP) is 3.29. The third-order valence-corrected chi connectivity index (χ3v) is 5.05. The summed E-state index contributed by atoms with van der Waals surface area (Å²) >= 11 is 0. The van der Waals surface area contributed by atoms with Gasteiger partial charge in [-0.3, -0.25) is 4.79 Å². The highest BCUT2D eigenvalue weighted by molar-refractivity contribution is 5.82. The molecule has 0 spiro atoms. The average Bonchev–Trinajstić information content (AvgIpc) is 2.64. The highest BCUT2D eigenvalue weighted by atomic mass is 16.5. The van der Waals surface area contributed by atoms with Crippen LogP contribution < -0.4 is 15.6 Å². The molecule has 0 saturated heterocycles. The van der Waals surface area contributed by atoms with Crippen LogP contribution in [-0.2, 0) is 6.54 Å². The van der Waals surface area contributed by atoms with Crippen LogP contribution in [0.15, 0.2) is 41.2 Å². The fourth-order valence-corrected chi connectivity index (χ4v) is 3.36.